The van der Waals surface area contributed by atoms with Gasteiger partial charge in [-0.3, -0.25) is 14.6 Å². The number of piperazine rings is 1. The molecule has 0 saturated carbocycles. The van der Waals surface area contributed by atoms with E-state index >= 15 is 0 Å². The zero-order chi connectivity index (χ0) is 17.8. The molecule has 5 nitrogen and oxygen atoms in total. The number of aromatic nitrogens is 3. The number of rotatable bonds is 5. The lowest BCUT2D eigenvalue weighted by Gasteiger charge is -2.31. The molecule has 27 heavy (non-hydrogen) atoms. The topological polar surface area (TPSA) is 46.0 Å². The molecule has 1 atom stereocenters. The molecule has 3 heterocycles. The van der Waals surface area contributed by atoms with Gasteiger partial charge >= 0.3 is 0 Å². The van der Waals surface area contributed by atoms with Crippen LogP contribution in [0.15, 0.2) is 61.1 Å². The minimum Gasteiger partial charge on any atom is -0.312 e. The first kappa shape index (κ1) is 19.5. The monoisotopic (exact) mass is 383 g/mol. The van der Waals surface area contributed by atoms with Gasteiger partial charge in [-0.15, -0.1) is 12.4 Å². The summed E-state index contributed by atoms with van der Waals surface area (Å²) in [6, 6.07) is 15.1. The van der Waals surface area contributed by atoms with Crippen molar-refractivity contribution in [3.05, 3.63) is 72.2 Å². The molecule has 1 fully saturated rings. The van der Waals surface area contributed by atoms with Crippen molar-refractivity contribution in [1.82, 2.24) is 25.0 Å². The van der Waals surface area contributed by atoms with Gasteiger partial charge in [0.2, 0.25) is 0 Å². The van der Waals surface area contributed by atoms with Crippen LogP contribution in [0.25, 0.3) is 11.3 Å². The van der Waals surface area contributed by atoms with E-state index in [0.29, 0.717) is 6.04 Å². The molecule has 0 unspecified atom stereocenters. The van der Waals surface area contributed by atoms with Crippen molar-refractivity contribution in [2.75, 3.05) is 19.6 Å². The van der Waals surface area contributed by atoms with E-state index in [1.54, 1.807) is 0 Å². The Morgan fingerprint density at radius 1 is 1.11 bits per heavy atom. The number of hydrogen-bond acceptors (Lipinski definition) is 4. The highest BCUT2D eigenvalue weighted by atomic mass is 35.5. The molecular formula is C21H26ClN5. The largest absolute Gasteiger partial charge is 0.312 e. The summed E-state index contributed by atoms with van der Waals surface area (Å²) in [6.45, 7) is 7.13. The molecule has 1 saturated heterocycles. The minimum atomic E-state index is 0. The molecule has 0 radical (unpaired) electrons. The summed E-state index contributed by atoms with van der Waals surface area (Å²) in [5, 5.41) is 8.40. The van der Waals surface area contributed by atoms with Crippen LogP contribution in [0.1, 0.15) is 18.1 Å². The third-order valence-corrected chi connectivity index (χ3v) is 4.81. The van der Waals surface area contributed by atoms with Crippen LogP contribution < -0.4 is 5.32 Å². The number of nitrogens with zero attached hydrogens (tertiary/aromatic N) is 4. The number of pyridine rings is 1. The molecule has 142 valence electrons. The molecule has 6 heteroatoms. The third-order valence-electron chi connectivity index (χ3n) is 4.81. The maximum Gasteiger partial charge on any atom is 0.0983 e. The second-order valence-corrected chi connectivity index (χ2v) is 7.02. The zero-order valence-corrected chi connectivity index (χ0v) is 16.4. The van der Waals surface area contributed by atoms with E-state index in [1.807, 2.05) is 24.5 Å². The van der Waals surface area contributed by atoms with E-state index < -0.39 is 0 Å². The number of nitrogens with one attached hydrogen (secondary N) is 1. The van der Waals surface area contributed by atoms with Gasteiger partial charge in [-0.05, 0) is 24.6 Å². The standard InChI is InChI=1S/C21H25N5.ClH/c1-17-13-25(11-10-23-17)15-20-16-26(14-18-6-3-2-4-7-18)24-21(20)19-8-5-9-22-12-19;/h2-9,12,16-17,23H,10-11,13-15H2,1H3;1H/t17-;/m1./s1. The van der Waals surface area contributed by atoms with Crippen molar-refractivity contribution in [1.29, 1.82) is 0 Å². The Kier molecular flexibility index (Phi) is 6.61. The maximum absolute atomic E-state index is 4.89. The summed E-state index contributed by atoms with van der Waals surface area (Å²) in [6.07, 6.45) is 5.91. The van der Waals surface area contributed by atoms with Crippen LogP contribution in [-0.4, -0.2) is 45.3 Å². The van der Waals surface area contributed by atoms with Crippen LogP contribution >= 0.6 is 12.4 Å². The van der Waals surface area contributed by atoms with Crippen LogP contribution in [0.5, 0.6) is 0 Å². The van der Waals surface area contributed by atoms with Crippen molar-refractivity contribution in [2.24, 2.45) is 0 Å². The van der Waals surface area contributed by atoms with Crippen LogP contribution in [0, 0.1) is 0 Å². The fourth-order valence-corrected chi connectivity index (χ4v) is 3.57. The summed E-state index contributed by atoms with van der Waals surface area (Å²) in [5.74, 6) is 0. The highest BCUT2D eigenvalue weighted by Gasteiger charge is 2.19. The van der Waals surface area contributed by atoms with Crippen molar-refractivity contribution < 1.29 is 0 Å². The van der Waals surface area contributed by atoms with Gasteiger partial charge in [0.1, 0.15) is 0 Å². The molecular weight excluding hydrogens is 358 g/mol. The van der Waals surface area contributed by atoms with Crippen molar-refractivity contribution in [2.45, 2.75) is 26.1 Å². The van der Waals surface area contributed by atoms with Gasteiger partial charge < -0.3 is 5.32 Å². The molecule has 1 N–H and O–H groups in total. The smallest absolute Gasteiger partial charge is 0.0983 e. The average Bonchev–Trinajstić information content (AvgIpc) is 3.05. The molecule has 2 aromatic heterocycles. The second-order valence-electron chi connectivity index (χ2n) is 7.02. The SMILES string of the molecule is C[C@@H]1CN(Cc2cn(Cc3ccccc3)nc2-c2cccnc2)CCN1.Cl. The van der Waals surface area contributed by atoms with E-state index in [9.17, 15) is 0 Å². The molecule has 3 aromatic rings. The van der Waals surface area contributed by atoms with Gasteiger partial charge in [-0.25, -0.2) is 0 Å². The van der Waals surface area contributed by atoms with E-state index in [-0.39, 0.29) is 12.4 Å². The summed E-state index contributed by atoms with van der Waals surface area (Å²) in [7, 11) is 0. The molecule has 1 aliphatic heterocycles. The normalized spacial score (nSPS) is 17.4. The van der Waals surface area contributed by atoms with Crippen LogP contribution in [0.3, 0.4) is 0 Å². The van der Waals surface area contributed by atoms with Crippen molar-refractivity contribution in [3.8, 4) is 11.3 Å². The van der Waals surface area contributed by atoms with Crippen molar-refractivity contribution >= 4 is 12.4 Å². The first-order valence-corrected chi connectivity index (χ1v) is 9.24. The molecule has 0 spiro atoms. The third kappa shape index (κ3) is 4.95. The summed E-state index contributed by atoms with van der Waals surface area (Å²) < 4.78 is 2.05. The molecule has 4 rings (SSSR count). The number of hydrogen-bond donors (Lipinski definition) is 1. The zero-order valence-electron chi connectivity index (χ0n) is 15.6. The Morgan fingerprint density at radius 3 is 2.70 bits per heavy atom. The highest BCUT2D eigenvalue weighted by molar-refractivity contribution is 5.85. The lowest BCUT2D eigenvalue weighted by Crippen LogP contribution is -2.48. The summed E-state index contributed by atoms with van der Waals surface area (Å²) in [5.41, 5.74) is 4.65. The summed E-state index contributed by atoms with van der Waals surface area (Å²) >= 11 is 0. The van der Waals surface area contributed by atoms with Gasteiger partial charge in [0.05, 0.1) is 12.2 Å². The van der Waals surface area contributed by atoms with E-state index in [0.717, 1.165) is 44.0 Å². The number of benzene rings is 1. The number of halogens is 1. The Morgan fingerprint density at radius 2 is 1.96 bits per heavy atom. The van der Waals surface area contributed by atoms with E-state index in [2.05, 4.69) is 63.3 Å². The van der Waals surface area contributed by atoms with E-state index in [4.69, 9.17) is 5.10 Å². The van der Waals surface area contributed by atoms with Gasteiger partial charge in [0, 0.05) is 61.9 Å². The predicted octanol–water partition coefficient (Wildman–Crippen LogP) is 3.21. The summed E-state index contributed by atoms with van der Waals surface area (Å²) in [4.78, 5) is 6.79. The van der Waals surface area contributed by atoms with Gasteiger partial charge in [-0.1, -0.05) is 30.3 Å². The van der Waals surface area contributed by atoms with Crippen LogP contribution in [-0.2, 0) is 13.1 Å². The fraction of sp³-hybridized carbons (Fsp3) is 0.333. The minimum absolute atomic E-state index is 0. The van der Waals surface area contributed by atoms with Crippen LogP contribution in [0.4, 0.5) is 0 Å². The molecule has 0 bridgehead atoms. The fourth-order valence-electron chi connectivity index (χ4n) is 3.57. The molecule has 0 aliphatic carbocycles. The predicted molar refractivity (Wildman–Crippen MR) is 111 cm³/mol. The molecule has 1 aromatic carbocycles. The quantitative estimate of drug-likeness (QED) is 0.734. The molecule has 1 aliphatic rings. The van der Waals surface area contributed by atoms with Crippen LogP contribution in [0.2, 0.25) is 0 Å². The first-order valence-electron chi connectivity index (χ1n) is 9.24. The Bertz CT molecular complexity index is 834. The Labute approximate surface area is 166 Å². The van der Waals surface area contributed by atoms with Gasteiger partial charge in [-0.2, -0.15) is 5.10 Å². The first-order chi connectivity index (χ1) is 12.8. The second kappa shape index (κ2) is 9.13. The van der Waals surface area contributed by atoms with Gasteiger partial charge in [0.15, 0.2) is 0 Å². The average molecular weight is 384 g/mol. The lowest BCUT2D eigenvalue weighted by atomic mass is 10.1. The maximum atomic E-state index is 4.89. The highest BCUT2D eigenvalue weighted by Crippen LogP contribution is 2.23. The lowest BCUT2D eigenvalue weighted by molar-refractivity contribution is 0.200. The Hall–Kier alpha value is -2.21. The van der Waals surface area contributed by atoms with Crippen molar-refractivity contribution in [3.63, 3.8) is 0 Å². The van der Waals surface area contributed by atoms with Gasteiger partial charge in [0.25, 0.3) is 0 Å². The Balaban J connectivity index is 0.00000210. The molecule has 0 amide bonds. The van der Waals surface area contributed by atoms with E-state index in [1.165, 1.54) is 11.1 Å².